The van der Waals surface area contributed by atoms with Gasteiger partial charge in [0.25, 0.3) is 6.01 Å². The number of nitrogens with zero attached hydrogens (tertiary/aromatic N) is 2. The van der Waals surface area contributed by atoms with Crippen molar-refractivity contribution in [1.29, 1.82) is 0 Å². The van der Waals surface area contributed by atoms with E-state index in [4.69, 9.17) is 14.9 Å². The van der Waals surface area contributed by atoms with Crippen LogP contribution in [-0.4, -0.2) is 36.7 Å². The van der Waals surface area contributed by atoms with Crippen molar-refractivity contribution in [1.82, 2.24) is 4.98 Å². The summed E-state index contributed by atoms with van der Waals surface area (Å²) >= 11 is 0. The van der Waals surface area contributed by atoms with Gasteiger partial charge < -0.3 is 19.8 Å². The van der Waals surface area contributed by atoms with Crippen LogP contribution in [0.4, 0.5) is 6.01 Å². The van der Waals surface area contributed by atoms with Gasteiger partial charge in [-0.15, -0.1) is 0 Å². The summed E-state index contributed by atoms with van der Waals surface area (Å²) in [6.45, 7) is 5.77. The Morgan fingerprint density at radius 2 is 2.44 bits per heavy atom. The van der Waals surface area contributed by atoms with Gasteiger partial charge >= 0.3 is 5.97 Å². The highest BCUT2D eigenvalue weighted by molar-refractivity contribution is 5.87. The zero-order chi connectivity index (χ0) is 13.1. The van der Waals surface area contributed by atoms with Crippen LogP contribution in [0.2, 0.25) is 0 Å². The molecule has 1 aromatic rings. The van der Waals surface area contributed by atoms with Crippen LogP contribution in [-0.2, 0) is 4.74 Å². The van der Waals surface area contributed by atoms with Crippen molar-refractivity contribution in [2.24, 2.45) is 11.7 Å². The summed E-state index contributed by atoms with van der Waals surface area (Å²) in [6, 6.07) is 0.562. The van der Waals surface area contributed by atoms with Gasteiger partial charge in [0.1, 0.15) is 6.26 Å². The topological polar surface area (TPSA) is 81.6 Å². The summed E-state index contributed by atoms with van der Waals surface area (Å²) in [5.74, 6) is 0.0357. The molecular weight excluding hydrogens is 234 g/mol. The van der Waals surface area contributed by atoms with E-state index >= 15 is 0 Å². The Bertz CT molecular complexity index is 408. The van der Waals surface area contributed by atoms with Gasteiger partial charge in [0.15, 0.2) is 5.69 Å². The number of ether oxygens (including phenoxy) is 1. The summed E-state index contributed by atoms with van der Waals surface area (Å²) < 4.78 is 10.2. The Balaban J connectivity index is 2.07. The minimum absolute atomic E-state index is 0.117. The number of aromatic nitrogens is 1. The number of hydrogen-bond donors (Lipinski definition) is 1. The average Bonchev–Trinajstić information content (AvgIpc) is 2.77. The van der Waals surface area contributed by atoms with E-state index in [0.29, 0.717) is 25.1 Å². The number of nitrogens with two attached hydrogens (primary N) is 1. The first-order valence-corrected chi connectivity index (χ1v) is 6.23. The predicted molar refractivity (Wildman–Crippen MR) is 66.4 cm³/mol. The Hall–Kier alpha value is -1.56. The molecule has 0 bridgehead atoms. The third-order valence-corrected chi connectivity index (χ3v) is 2.94. The van der Waals surface area contributed by atoms with E-state index < -0.39 is 5.97 Å². The molecule has 0 aromatic carbocycles. The number of rotatable bonds is 3. The normalized spacial score (nSPS) is 24.1. The lowest BCUT2D eigenvalue weighted by Gasteiger charge is -2.33. The van der Waals surface area contributed by atoms with Crippen LogP contribution < -0.4 is 10.6 Å². The molecule has 0 spiro atoms. The molecule has 0 radical (unpaired) electrons. The second-order valence-corrected chi connectivity index (χ2v) is 4.74. The van der Waals surface area contributed by atoms with Gasteiger partial charge in [0.05, 0.1) is 6.61 Å². The summed E-state index contributed by atoms with van der Waals surface area (Å²) in [6.07, 6.45) is 2.33. The molecule has 2 N–H and O–H groups in total. The predicted octanol–water partition coefficient (Wildman–Crippen LogP) is 1.02. The van der Waals surface area contributed by atoms with Gasteiger partial charge in [-0.2, -0.15) is 4.98 Å². The van der Waals surface area contributed by atoms with Gasteiger partial charge in [-0.05, 0) is 19.3 Å². The van der Waals surface area contributed by atoms with Crippen LogP contribution in [0.1, 0.15) is 30.8 Å². The Morgan fingerprint density at radius 1 is 1.67 bits per heavy atom. The SMILES string of the molecule is CCOC(=O)c1coc(N2CC(C)CC(N)C2)n1. The molecule has 2 rings (SSSR count). The monoisotopic (exact) mass is 253 g/mol. The maximum absolute atomic E-state index is 11.5. The van der Waals surface area contributed by atoms with E-state index in [0.717, 1.165) is 13.0 Å². The summed E-state index contributed by atoms with van der Waals surface area (Å²) in [5.41, 5.74) is 6.17. The van der Waals surface area contributed by atoms with Crippen LogP contribution >= 0.6 is 0 Å². The van der Waals surface area contributed by atoms with Crippen LogP contribution in [0.15, 0.2) is 10.7 Å². The van der Waals surface area contributed by atoms with Gasteiger partial charge in [-0.3, -0.25) is 0 Å². The Labute approximate surface area is 106 Å². The highest BCUT2D eigenvalue weighted by Crippen LogP contribution is 2.22. The first-order valence-electron chi connectivity index (χ1n) is 6.23. The zero-order valence-corrected chi connectivity index (χ0v) is 10.8. The van der Waals surface area contributed by atoms with Crippen LogP contribution in [0.25, 0.3) is 0 Å². The van der Waals surface area contributed by atoms with Crippen molar-refractivity contribution in [3.63, 3.8) is 0 Å². The standard InChI is InChI=1S/C12H19N3O3/c1-3-17-11(16)10-7-18-12(14-10)15-5-8(2)4-9(13)6-15/h7-9H,3-6,13H2,1-2H3. The summed E-state index contributed by atoms with van der Waals surface area (Å²) in [7, 11) is 0. The highest BCUT2D eigenvalue weighted by atomic mass is 16.5. The second kappa shape index (κ2) is 5.39. The molecule has 1 aliphatic rings. The van der Waals surface area contributed by atoms with E-state index in [1.165, 1.54) is 6.26 Å². The lowest BCUT2D eigenvalue weighted by molar-refractivity contribution is 0.0519. The number of carbonyl (C=O) groups is 1. The van der Waals surface area contributed by atoms with Crippen molar-refractivity contribution in [2.75, 3.05) is 24.6 Å². The minimum Gasteiger partial charge on any atom is -0.461 e. The van der Waals surface area contributed by atoms with E-state index in [9.17, 15) is 4.79 Å². The molecule has 0 amide bonds. The largest absolute Gasteiger partial charge is 0.461 e. The molecule has 0 saturated carbocycles. The fourth-order valence-corrected chi connectivity index (χ4v) is 2.26. The van der Waals surface area contributed by atoms with Gasteiger partial charge in [0.2, 0.25) is 0 Å². The maximum Gasteiger partial charge on any atom is 0.360 e. The number of oxazole rings is 1. The number of hydrogen-bond acceptors (Lipinski definition) is 6. The molecule has 0 aliphatic carbocycles. The van der Waals surface area contributed by atoms with Gasteiger partial charge in [-0.1, -0.05) is 6.92 Å². The molecule has 18 heavy (non-hydrogen) atoms. The molecule has 1 aromatic heterocycles. The van der Waals surface area contributed by atoms with E-state index in [1.54, 1.807) is 6.92 Å². The third kappa shape index (κ3) is 2.81. The van der Waals surface area contributed by atoms with Crippen molar-refractivity contribution in [2.45, 2.75) is 26.3 Å². The molecule has 2 heterocycles. The Kier molecular flexibility index (Phi) is 3.86. The number of esters is 1. The molecular formula is C12H19N3O3. The molecule has 6 nitrogen and oxygen atoms in total. The molecule has 6 heteroatoms. The van der Waals surface area contributed by atoms with Crippen molar-refractivity contribution < 1.29 is 13.9 Å². The smallest absolute Gasteiger partial charge is 0.360 e. The van der Waals surface area contributed by atoms with Crippen molar-refractivity contribution in [3.05, 3.63) is 12.0 Å². The highest BCUT2D eigenvalue weighted by Gasteiger charge is 2.26. The lowest BCUT2D eigenvalue weighted by atomic mass is 9.97. The van der Waals surface area contributed by atoms with Gasteiger partial charge in [0, 0.05) is 19.1 Å². The molecule has 1 aliphatic heterocycles. The molecule has 2 atom stereocenters. The van der Waals surface area contributed by atoms with Crippen LogP contribution in [0, 0.1) is 5.92 Å². The van der Waals surface area contributed by atoms with E-state index in [1.807, 2.05) is 4.90 Å². The molecule has 1 saturated heterocycles. The number of anilines is 1. The molecule has 1 fully saturated rings. The number of piperidine rings is 1. The fraction of sp³-hybridized carbons (Fsp3) is 0.667. The second-order valence-electron chi connectivity index (χ2n) is 4.74. The third-order valence-electron chi connectivity index (χ3n) is 2.94. The first kappa shape index (κ1) is 12.9. The zero-order valence-electron chi connectivity index (χ0n) is 10.8. The Morgan fingerprint density at radius 3 is 3.11 bits per heavy atom. The quantitative estimate of drug-likeness (QED) is 0.810. The van der Waals surface area contributed by atoms with Crippen molar-refractivity contribution in [3.8, 4) is 0 Å². The minimum atomic E-state index is -0.457. The average molecular weight is 253 g/mol. The lowest BCUT2D eigenvalue weighted by Crippen LogP contribution is -2.46. The van der Waals surface area contributed by atoms with Crippen LogP contribution in [0.3, 0.4) is 0 Å². The van der Waals surface area contributed by atoms with Crippen molar-refractivity contribution >= 4 is 12.0 Å². The summed E-state index contributed by atoms with van der Waals surface area (Å²) in [5, 5.41) is 0. The van der Waals surface area contributed by atoms with E-state index in [-0.39, 0.29) is 11.7 Å². The van der Waals surface area contributed by atoms with Gasteiger partial charge in [-0.25, -0.2) is 4.79 Å². The molecule has 100 valence electrons. The number of carbonyl (C=O) groups excluding carboxylic acids is 1. The van der Waals surface area contributed by atoms with Crippen LogP contribution in [0.5, 0.6) is 0 Å². The first-order chi connectivity index (χ1) is 8.60. The molecule has 2 unspecified atom stereocenters. The summed E-state index contributed by atoms with van der Waals surface area (Å²) in [4.78, 5) is 17.6. The van der Waals surface area contributed by atoms with E-state index in [2.05, 4.69) is 11.9 Å². The maximum atomic E-state index is 11.5. The fourth-order valence-electron chi connectivity index (χ4n) is 2.26.